The minimum Gasteiger partial charge on any atom is -0.384 e. The smallest absolute Gasteiger partial charge is 0.144 e. The molecule has 0 bridgehead atoms. The van der Waals surface area contributed by atoms with Gasteiger partial charge in [0.05, 0.1) is 5.92 Å². The van der Waals surface area contributed by atoms with E-state index in [-0.39, 0.29) is 5.92 Å². The molecule has 1 aliphatic rings. The summed E-state index contributed by atoms with van der Waals surface area (Å²) in [4.78, 5) is 12.2. The lowest BCUT2D eigenvalue weighted by Crippen LogP contribution is -2.17. The first-order valence-corrected chi connectivity index (χ1v) is 6.59. The van der Waals surface area contributed by atoms with Crippen LogP contribution in [-0.4, -0.2) is 19.5 Å². The fourth-order valence-corrected chi connectivity index (χ4v) is 2.33. The average Bonchev–Trinajstić information content (AvgIpc) is 2.68. The first-order valence-electron chi connectivity index (χ1n) is 6.59. The molecule has 0 saturated heterocycles. The number of ketones is 1. The van der Waals surface area contributed by atoms with Crippen LogP contribution < -0.4 is 0 Å². The molecule has 1 atom stereocenters. The summed E-state index contributed by atoms with van der Waals surface area (Å²) >= 11 is 0. The number of carbonyl (C=O) groups excluding carboxylic acids is 1. The number of carbonyl (C=O) groups is 1. The Bertz CT molecular complexity index is 313. The largest absolute Gasteiger partial charge is 0.384 e. The third kappa shape index (κ3) is 4.12. The fourth-order valence-electron chi connectivity index (χ4n) is 2.33. The van der Waals surface area contributed by atoms with Crippen LogP contribution in [0.2, 0.25) is 0 Å². The van der Waals surface area contributed by atoms with Gasteiger partial charge in [0.15, 0.2) is 0 Å². The molecule has 2 nitrogen and oxygen atoms in total. The molecule has 96 valence electrons. The van der Waals surface area contributed by atoms with E-state index in [9.17, 15) is 4.79 Å². The van der Waals surface area contributed by atoms with E-state index in [1.807, 2.05) is 0 Å². The van der Waals surface area contributed by atoms with Gasteiger partial charge in [0.25, 0.3) is 0 Å². The molecule has 0 aromatic rings. The molecule has 0 heterocycles. The zero-order valence-electron chi connectivity index (χ0n) is 11.3. The summed E-state index contributed by atoms with van der Waals surface area (Å²) in [6, 6.07) is 0. The highest BCUT2D eigenvalue weighted by molar-refractivity contribution is 5.87. The van der Waals surface area contributed by atoms with Crippen LogP contribution >= 0.6 is 0 Å². The van der Waals surface area contributed by atoms with Crippen molar-refractivity contribution in [3.63, 3.8) is 0 Å². The maximum atomic E-state index is 12.2. The lowest BCUT2D eigenvalue weighted by molar-refractivity contribution is -0.121. The van der Waals surface area contributed by atoms with Crippen molar-refractivity contribution in [2.24, 2.45) is 5.92 Å². The van der Waals surface area contributed by atoms with Crippen molar-refractivity contribution in [3.8, 4) is 0 Å². The van der Waals surface area contributed by atoms with Crippen molar-refractivity contribution in [3.05, 3.63) is 23.3 Å². The number of unbranched alkanes of at least 4 members (excludes halogenated alkanes) is 2. The monoisotopic (exact) mass is 236 g/mol. The summed E-state index contributed by atoms with van der Waals surface area (Å²) in [5.41, 5.74) is 2.42. The Balaban J connectivity index is 2.50. The minimum atomic E-state index is 0.0435. The Kier molecular flexibility index (Phi) is 6.20. The van der Waals surface area contributed by atoms with Gasteiger partial charge in [-0.3, -0.25) is 4.79 Å². The molecule has 1 unspecified atom stereocenters. The Labute approximate surface area is 105 Å². The second kappa shape index (κ2) is 7.44. The quantitative estimate of drug-likeness (QED) is 0.601. The predicted octanol–water partition coefficient (Wildman–Crippen LogP) is 3.67. The summed E-state index contributed by atoms with van der Waals surface area (Å²) in [5, 5.41) is 0. The SMILES string of the molecule is CCCCCC(=O)C1C(C)=CC=C1CCOC. The normalized spacial score (nSPS) is 19.1. The van der Waals surface area contributed by atoms with Gasteiger partial charge in [0.1, 0.15) is 5.78 Å². The highest BCUT2D eigenvalue weighted by Gasteiger charge is 2.26. The zero-order valence-corrected chi connectivity index (χ0v) is 11.3. The standard InChI is InChI=1S/C15H24O2/c1-4-5-6-7-14(16)15-12(2)8-9-13(15)10-11-17-3/h8-9,15H,4-7,10-11H2,1-3H3. The number of Topliss-reactive ketones (excluding diaryl/α,β-unsaturated/α-hetero) is 1. The fraction of sp³-hybridized carbons (Fsp3) is 0.667. The molecule has 0 spiro atoms. The van der Waals surface area contributed by atoms with Crippen molar-refractivity contribution < 1.29 is 9.53 Å². The molecular formula is C15H24O2. The van der Waals surface area contributed by atoms with E-state index < -0.39 is 0 Å². The number of hydrogen-bond donors (Lipinski definition) is 0. The van der Waals surface area contributed by atoms with E-state index >= 15 is 0 Å². The van der Waals surface area contributed by atoms with Gasteiger partial charge in [-0.2, -0.15) is 0 Å². The summed E-state index contributed by atoms with van der Waals surface area (Å²) < 4.78 is 5.09. The molecule has 0 radical (unpaired) electrons. The molecule has 0 aromatic carbocycles. The molecule has 1 aliphatic carbocycles. The Hall–Kier alpha value is -0.890. The van der Waals surface area contributed by atoms with Crippen LogP contribution in [0.4, 0.5) is 0 Å². The molecule has 0 amide bonds. The van der Waals surface area contributed by atoms with E-state index in [0.717, 1.165) is 19.3 Å². The minimum absolute atomic E-state index is 0.0435. The summed E-state index contributed by atoms with van der Waals surface area (Å²) in [5.74, 6) is 0.425. The van der Waals surface area contributed by atoms with Gasteiger partial charge in [0, 0.05) is 20.1 Å². The Morgan fingerprint density at radius 3 is 2.76 bits per heavy atom. The van der Waals surface area contributed by atoms with Crippen LogP contribution in [0.5, 0.6) is 0 Å². The summed E-state index contributed by atoms with van der Waals surface area (Å²) in [6.07, 6.45) is 9.10. The Morgan fingerprint density at radius 1 is 1.35 bits per heavy atom. The Morgan fingerprint density at radius 2 is 2.12 bits per heavy atom. The number of methoxy groups -OCH3 is 1. The second-order valence-electron chi connectivity index (χ2n) is 4.75. The first kappa shape index (κ1) is 14.2. The molecular weight excluding hydrogens is 212 g/mol. The molecule has 0 aromatic heterocycles. The molecule has 17 heavy (non-hydrogen) atoms. The highest BCUT2D eigenvalue weighted by atomic mass is 16.5. The maximum absolute atomic E-state index is 12.2. The van der Waals surface area contributed by atoms with Crippen LogP contribution in [0.15, 0.2) is 23.3 Å². The van der Waals surface area contributed by atoms with Gasteiger partial charge < -0.3 is 4.74 Å². The van der Waals surface area contributed by atoms with Crippen LogP contribution in [0.1, 0.15) is 46.0 Å². The van der Waals surface area contributed by atoms with Gasteiger partial charge in [-0.05, 0) is 19.8 Å². The highest BCUT2D eigenvalue weighted by Crippen LogP contribution is 2.31. The van der Waals surface area contributed by atoms with E-state index in [0.29, 0.717) is 18.8 Å². The van der Waals surface area contributed by atoms with Gasteiger partial charge in [0.2, 0.25) is 0 Å². The molecule has 2 heteroatoms. The predicted molar refractivity (Wildman–Crippen MR) is 71.0 cm³/mol. The summed E-state index contributed by atoms with van der Waals surface area (Å²) in [6.45, 7) is 4.92. The van der Waals surface area contributed by atoms with Gasteiger partial charge in [-0.1, -0.05) is 43.1 Å². The van der Waals surface area contributed by atoms with Gasteiger partial charge in [-0.25, -0.2) is 0 Å². The van der Waals surface area contributed by atoms with E-state index in [1.54, 1.807) is 7.11 Å². The van der Waals surface area contributed by atoms with Crippen molar-refractivity contribution in [2.45, 2.75) is 46.0 Å². The summed E-state index contributed by atoms with van der Waals surface area (Å²) in [7, 11) is 1.70. The van der Waals surface area contributed by atoms with Crippen molar-refractivity contribution in [1.82, 2.24) is 0 Å². The maximum Gasteiger partial charge on any atom is 0.144 e. The van der Waals surface area contributed by atoms with Gasteiger partial charge in [-0.15, -0.1) is 0 Å². The van der Waals surface area contributed by atoms with Crippen LogP contribution in [0.25, 0.3) is 0 Å². The van der Waals surface area contributed by atoms with Crippen LogP contribution in [-0.2, 0) is 9.53 Å². The molecule has 0 fully saturated rings. The molecule has 0 N–H and O–H groups in total. The van der Waals surface area contributed by atoms with Crippen molar-refractivity contribution in [2.75, 3.05) is 13.7 Å². The lowest BCUT2D eigenvalue weighted by atomic mass is 9.88. The van der Waals surface area contributed by atoms with Gasteiger partial charge >= 0.3 is 0 Å². The number of ether oxygens (including phenoxy) is 1. The number of rotatable bonds is 8. The van der Waals surface area contributed by atoms with Crippen molar-refractivity contribution in [1.29, 1.82) is 0 Å². The number of hydrogen-bond acceptors (Lipinski definition) is 2. The zero-order chi connectivity index (χ0) is 12.7. The lowest BCUT2D eigenvalue weighted by Gasteiger charge is -2.16. The second-order valence-corrected chi connectivity index (χ2v) is 4.75. The third-order valence-corrected chi connectivity index (χ3v) is 3.33. The molecule has 1 rings (SSSR count). The third-order valence-electron chi connectivity index (χ3n) is 3.33. The molecule has 0 saturated carbocycles. The number of allylic oxidation sites excluding steroid dienone is 3. The average molecular weight is 236 g/mol. The first-order chi connectivity index (χ1) is 8.20. The van der Waals surface area contributed by atoms with Crippen LogP contribution in [0.3, 0.4) is 0 Å². The van der Waals surface area contributed by atoms with E-state index in [4.69, 9.17) is 4.74 Å². The van der Waals surface area contributed by atoms with E-state index in [1.165, 1.54) is 17.6 Å². The van der Waals surface area contributed by atoms with E-state index in [2.05, 4.69) is 26.0 Å². The topological polar surface area (TPSA) is 26.3 Å². The van der Waals surface area contributed by atoms with Crippen molar-refractivity contribution >= 4 is 5.78 Å². The molecule has 0 aliphatic heterocycles. The van der Waals surface area contributed by atoms with Crippen LogP contribution in [0, 0.1) is 5.92 Å².